The predicted octanol–water partition coefficient (Wildman–Crippen LogP) is 1.46. The van der Waals surface area contributed by atoms with Gasteiger partial charge in [0, 0.05) is 20.1 Å². The molecule has 0 bridgehead atoms. The fourth-order valence-electron chi connectivity index (χ4n) is 3.07. The maximum Gasteiger partial charge on any atom is 0.308 e. The van der Waals surface area contributed by atoms with Gasteiger partial charge in [-0.05, 0) is 37.8 Å². The average Bonchev–Trinajstić information content (AvgIpc) is 2.61. The van der Waals surface area contributed by atoms with E-state index >= 15 is 0 Å². The zero-order valence-corrected chi connectivity index (χ0v) is 15.5. The number of piperidine rings is 1. The van der Waals surface area contributed by atoms with Gasteiger partial charge in [-0.25, -0.2) is 0 Å². The molecule has 0 spiro atoms. The van der Waals surface area contributed by atoms with Gasteiger partial charge in [0.1, 0.15) is 5.75 Å². The van der Waals surface area contributed by atoms with Crippen LogP contribution in [-0.2, 0) is 14.4 Å². The summed E-state index contributed by atoms with van der Waals surface area (Å²) >= 11 is 0. The van der Waals surface area contributed by atoms with Crippen molar-refractivity contribution in [3.63, 3.8) is 0 Å². The first-order chi connectivity index (χ1) is 12.3. The summed E-state index contributed by atoms with van der Waals surface area (Å²) in [5.74, 6) is -1.26. The lowest BCUT2D eigenvalue weighted by Crippen LogP contribution is -2.47. The number of carboxylic acid groups (broad SMARTS) is 1. The van der Waals surface area contributed by atoms with Gasteiger partial charge in [0.15, 0.2) is 6.61 Å². The number of nitrogens with zero attached hydrogens (tertiary/aromatic N) is 2. The second kappa shape index (κ2) is 8.69. The molecule has 0 aromatic heterocycles. The van der Waals surface area contributed by atoms with Crippen molar-refractivity contribution >= 4 is 17.8 Å². The second-order valence-electron chi connectivity index (χ2n) is 6.78. The van der Waals surface area contributed by atoms with Gasteiger partial charge in [0.05, 0.1) is 12.5 Å². The number of aliphatic carboxylic acids is 1. The van der Waals surface area contributed by atoms with Crippen LogP contribution in [0.15, 0.2) is 18.2 Å². The molecule has 0 aliphatic carbocycles. The molecule has 2 rings (SSSR count). The molecule has 1 aliphatic rings. The maximum absolute atomic E-state index is 12.4. The third-order valence-electron chi connectivity index (χ3n) is 4.67. The minimum absolute atomic E-state index is 0.0821. The molecular weight excluding hydrogens is 336 g/mol. The first-order valence-electron chi connectivity index (χ1n) is 8.73. The SMILES string of the molecule is Cc1cccc(C)c1OCC(=O)N(C)CC(=O)N1CCCC(C(=O)O)C1. The Morgan fingerprint density at radius 3 is 2.54 bits per heavy atom. The average molecular weight is 362 g/mol. The Morgan fingerprint density at radius 2 is 1.92 bits per heavy atom. The van der Waals surface area contributed by atoms with E-state index in [1.54, 1.807) is 7.05 Å². The largest absolute Gasteiger partial charge is 0.483 e. The summed E-state index contributed by atoms with van der Waals surface area (Å²) in [5, 5.41) is 9.11. The molecule has 1 aliphatic heterocycles. The number of carbonyl (C=O) groups is 3. The van der Waals surface area contributed by atoms with E-state index in [1.807, 2.05) is 32.0 Å². The number of hydrogen-bond donors (Lipinski definition) is 1. The smallest absolute Gasteiger partial charge is 0.308 e. The molecule has 0 saturated carbocycles. The van der Waals surface area contributed by atoms with Crippen LogP contribution < -0.4 is 4.74 Å². The number of hydrogen-bond acceptors (Lipinski definition) is 4. The number of carbonyl (C=O) groups excluding carboxylic acids is 2. The molecule has 1 saturated heterocycles. The minimum Gasteiger partial charge on any atom is -0.483 e. The Bertz CT molecular complexity index is 668. The summed E-state index contributed by atoms with van der Waals surface area (Å²) in [6.45, 7) is 4.33. The van der Waals surface area contributed by atoms with Crippen molar-refractivity contribution < 1.29 is 24.2 Å². The van der Waals surface area contributed by atoms with Gasteiger partial charge >= 0.3 is 5.97 Å². The Labute approximate surface area is 153 Å². The van der Waals surface area contributed by atoms with E-state index in [4.69, 9.17) is 9.84 Å². The summed E-state index contributed by atoms with van der Waals surface area (Å²) in [6, 6.07) is 5.75. The molecule has 1 atom stereocenters. The van der Waals surface area contributed by atoms with Crippen LogP contribution in [0.4, 0.5) is 0 Å². The highest BCUT2D eigenvalue weighted by atomic mass is 16.5. The topological polar surface area (TPSA) is 87.2 Å². The van der Waals surface area contributed by atoms with E-state index in [2.05, 4.69) is 0 Å². The number of aryl methyl sites for hydroxylation is 2. The van der Waals surface area contributed by atoms with Crippen molar-refractivity contribution in [3.8, 4) is 5.75 Å². The lowest BCUT2D eigenvalue weighted by molar-refractivity contribution is -0.147. The monoisotopic (exact) mass is 362 g/mol. The number of amides is 2. The number of likely N-dealkylation sites (tertiary alicyclic amines) is 1. The lowest BCUT2D eigenvalue weighted by atomic mass is 9.98. The Kier molecular flexibility index (Phi) is 6.60. The zero-order valence-electron chi connectivity index (χ0n) is 15.5. The first kappa shape index (κ1) is 19.8. The molecule has 1 heterocycles. The normalized spacial score (nSPS) is 16.9. The summed E-state index contributed by atoms with van der Waals surface area (Å²) in [5.41, 5.74) is 1.90. The zero-order chi connectivity index (χ0) is 19.3. The molecule has 1 unspecified atom stereocenters. The number of ether oxygens (including phenoxy) is 1. The van der Waals surface area contributed by atoms with Crippen LogP contribution in [0.3, 0.4) is 0 Å². The van der Waals surface area contributed by atoms with E-state index in [0.717, 1.165) is 11.1 Å². The van der Waals surface area contributed by atoms with Crippen LogP contribution in [0.25, 0.3) is 0 Å². The minimum atomic E-state index is -0.881. The summed E-state index contributed by atoms with van der Waals surface area (Å²) in [6.07, 6.45) is 1.24. The third-order valence-corrected chi connectivity index (χ3v) is 4.67. The summed E-state index contributed by atoms with van der Waals surface area (Å²) in [7, 11) is 1.55. The Hall–Kier alpha value is -2.57. The van der Waals surface area contributed by atoms with Gasteiger partial charge in [-0.3, -0.25) is 14.4 Å². The van der Waals surface area contributed by atoms with Crippen molar-refractivity contribution in [2.75, 3.05) is 33.3 Å². The molecule has 0 radical (unpaired) electrons. The summed E-state index contributed by atoms with van der Waals surface area (Å²) in [4.78, 5) is 38.6. The molecule has 7 heteroatoms. The van der Waals surface area contributed by atoms with E-state index in [-0.39, 0.29) is 31.5 Å². The molecular formula is C19H26N2O5. The molecule has 7 nitrogen and oxygen atoms in total. The lowest BCUT2D eigenvalue weighted by Gasteiger charge is -2.32. The van der Waals surface area contributed by atoms with E-state index in [1.165, 1.54) is 9.80 Å². The molecule has 2 amide bonds. The summed E-state index contributed by atoms with van der Waals surface area (Å²) < 4.78 is 5.63. The standard InChI is InChI=1S/C19H26N2O5/c1-13-6-4-7-14(2)18(13)26-12-17(23)20(3)11-16(22)21-9-5-8-15(10-21)19(24)25/h4,6-7,15H,5,8-12H2,1-3H3,(H,24,25). The highest BCUT2D eigenvalue weighted by Gasteiger charge is 2.29. The van der Waals surface area contributed by atoms with Gasteiger partial charge < -0.3 is 19.6 Å². The van der Waals surface area contributed by atoms with Gasteiger partial charge in [0.2, 0.25) is 5.91 Å². The molecule has 26 heavy (non-hydrogen) atoms. The Balaban J connectivity index is 1.86. The van der Waals surface area contributed by atoms with Crippen LogP contribution in [-0.4, -0.2) is 66.0 Å². The number of likely N-dealkylation sites (N-methyl/N-ethyl adjacent to an activating group) is 1. The van der Waals surface area contributed by atoms with Gasteiger partial charge in [0.25, 0.3) is 5.91 Å². The highest BCUT2D eigenvalue weighted by molar-refractivity contribution is 5.85. The van der Waals surface area contributed by atoms with Crippen LogP contribution in [0, 0.1) is 19.8 Å². The van der Waals surface area contributed by atoms with E-state index in [9.17, 15) is 14.4 Å². The van der Waals surface area contributed by atoms with Crippen molar-refractivity contribution in [1.29, 1.82) is 0 Å². The van der Waals surface area contributed by atoms with Gasteiger partial charge in [-0.1, -0.05) is 18.2 Å². The van der Waals surface area contributed by atoms with Crippen LogP contribution in [0.5, 0.6) is 5.75 Å². The van der Waals surface area contributed by atoms with Crippen molar-refractivity contribution in [2.24, 2.45) is 5.92 Å². The van der Waals surface area contributed by atoms with E-state index in [0.29, 0.717) is 25.1 Å². The van der Waals surface area contributed by atoms with Gasteiger partial charge in [-0.15, -0.1) is 0 Å². The van der Waals surface area contributed by atoms with Crippen LogP contribution >= 0.6 is 0 Å². The fraction of sp³-hybridized carbons (Fsp3) is 0.526. The maximum atomic E-state index is 12.4. The van der Waals surface area contributed by atoms with Gasteiger partial charge in [-0.2, -0.15) is 0 Å². The second-order valence-corrected chi connectivity index (χ2v) is 6.78. The number of benzene rings is 1. The number of para-hydroxylation sites is 1. The third kappa shape index (κ3) is 4.97. The number of rotatable bonds is 6. The number of carboxylic acids is 1. The fourth-order valence-corrected chi connectivity index (χ4v) is 3.07. The van der Waals surface area contributed by atoms with Crippen LogP contribution in [0.1, 0.15) is 24.0 Å². The molecule has 1 N–H and O–H groups in total. The van der Waals surface area contributed by atoms with Crippen molar-refractivity contribution in [1.82, 2.24) is 9.80 Å². The molecule has 1 aromatic rings. The van der Waals surface area contributed by atoms with Crippen LogP contribution in [0.2, 0.25) is 0 Å². The quantitative estimate of drug-likeness (QED) is 0.828. The molecule has 142 valence electrons. The first-order valence-corrected chi connectivity index (χ1v) is 8.73. The van der Waals surface area contributed by atoms with E-state index < -0.39 is 11.9 Å². The van der Waals surface area contributed by atoms with Crippen molar-refractivity contribution in [2.45, 2.75) is 26.7 Å². The Morgan fingerprint density at radius 1 is 1.27 bits per heavy atom. The highest BCUT2D eigenvalue weighted by Crippen LogP contribution is 2.22. The molecule has 1 aromatic carbocycles. The van der Waals surface area contributed by atoms with Crippen molar-refractivity contribution in [3.05, 3.63) is 29.3 Å². The molecule has 1 fully saturated rings. The predicted molar refractivity (Wildman–Crippen MR) is 96.0 cm³/mol.